The molecule has 0 saturated carbocycles. The maximum atomic E-state index is 10.8. The van der Waals surface area contributed by atoms with Crippen molar-refractivity contribution in [2.45, 2.75) is 0 Å². The second-order valence-corrected chi connectivity index (χ2v) is 4.74. The Balaban J connectivity index is 1.99. The fourth-order valence-electron chi connectivity index (χ4n) is 1.70. The number of carboxylic acid groups (broad SMARTS) is 1. The molecule has 8 heteroatoms. The van der Waals surface area contributed by atoms with Crippen LogP contribution in [0.5, 0.6) is 0 Å². The first-order valence-corrected chi connectivity index (χ1v) is 6.29. The molecule has 2 aromatic heterocycles. The van der Waals surface area contributed by atoms with E-state index in [1.807, 2.05) is 6.07 Å². The zero-order valence-electron chi connectivity index (χ0n) is 9.89. The number of carboxylic acids is 1. The van der Waals surface area contributed by atoms with Crippen molar-refractivity contribution in [2.75, 3.05) is 0 Å². The van der Waals surface area contributed by atoms with Gasteiger partial charge in [-0.2, -0.15) is 5.10 Å². The Morgan fingerprint density at radius 3 is 2.80 bits per heavy atom. The van der Waals surface area contributed by atoms with E-state index < -0.39 is 5.97 Å². The van der Waals surface area contributed by atoms with Gasteiger partial charge in [0.25, 0.3) is 0 Å². The number of hydrogen-bond acceptors (Lipinski definition) is 5. The largest absolute Gasteiger partial charge is 0.475 e. The molecule has 0 unspecified atom stereocenters. The van der Waals surface area contributed by atoms with Gasteiger partial charge in [0.05, 0.1) is 5.69 Å². The van der Waals surface area contributed by atoms with Gasteiger partial charge >= 0.3 is 5.97 Å². The predicted molar refractivity (Wildman–Crippen MR) is 71.5 cm³/mol. The summed E-state index contributed by atoms with van der Waals surface area (Å²) in [5.41, 5.74) is 2.00. The van der Waals surface area contributed by atoms with E-state index in [0.717, 1.165) is 15.7 Å². The molecule has 0 bridgehead atoms. The van der Waals surface area contributed by atoms with Gasteiger partial charge in [0.1, 0.15) is 18.3 Å². The Kier molecular flexibility index (Phi) is 3.07. The van der Waals surface area contributed by atoms with E-state index >= 15 is 0 Å². The predicted octanol–water partition coefficient (Wildman–Crippen LogP) is 2.38. The van der Waals surface area contributed by atoms with Gasteiger partial charge in [-0.1, -0.05) is 11.2 Å². The van der Waals surface area contributed by atoms with Gasteiger partial charge in [-0.25, -0.2) is 14.5 Å². The van der Waals surface area contributed by atoms with E-state index in [0.29, 0.717) is 5.69 Å². The van der Waals surface area contributed by atoms with Gasteiger partial charge in [0.2, 0.25) is 5.76 Å². The molecule has 0 saturated heterocycles. The second-order valence-electron chi connectivity index (χ2n) is 3.89. The molecule has 20 heavy (non-hydrogen) atoms. The topological polar surface area (TPSA) is 94.0 Å². The zero-order valence-corrected chi connectivity index (χ0v) is 11.5. The second kappa shape index (κ2) is 4.89. The number of halogens is 1. The van der Waals surface area contributed by atoms with E-state index in [1.54, 1.807) is 23.1 Å². The van der Waals surface area contributed by atoms with Gasteiger partial charge in [0.15, 0.2) is 0 Å². The van der Waals surface area contributed by atoms with Crippen LogP contribution >= 0.6 is 15.9 Å². The van der Waals surface area contributed by atoms with Crippen LogP contribution in [0.1, 0.15) is 10.6 Å². The number of nitrogens with zero attached hydrogens (tertiary/aromatic N) is 4. The molecule has 7 nitrogen and oxygen atoms in total. The summed E-state index contributed by atoms with van der Waals surface area (Å²) < 4.78 is 7.12. The first-order chi connectivity index (χ1) is 9.65. The fourth-order valence-corrected chi connectivity index (χ4v) is 2.26. The molecule has 3 rings (SSSR count). The molecule has 0 aliphatic rings. The minimum absolute atomic E-state index is 0.198. The van der Waals surface area contributed by atoms with Crippen LogP contribution < -0.4 is 0 Å². The third-order valence-corrected chi connectivity index (χ3v) is 3.27. The number of hydrogen-bond donors (Lipinski definition) is 1. The Bertz CT molecular complexity index is 767. The molecule has 100 valence electrons. The first kappa shape index (κ1) is 12.5. The summed E-state index contributed by atoms with van der Waals surface area (Å²) in [6.45, 7) is 0. The summed E-state index contributed by atoms with van der Waals surface area (Å²) >= 11 is 3.44. The Labute approximate surface area is 121 Å². The summed E-state index contributed by atoms with van der Waals surface area (Å²) in [6.07, 6.45) is 3.02. The summed E-state index contributed by atoms with van der Waals surface area (Å²) in [7, 11) is 0. The highest BCUT2D eigenvalue weighted by Gasteiger charge is 2.13. The molecule has 0 spiro atoms. The van der Waals surface area contributed by atoms with Crippen LogP contribution in [-0.4, -0.2) is 31.0 Å². The maximum Gasteiger partial charge on any atom is 0.374 e. The Morgan fingerprint density at radius 1 is 1.35 bits per heavy atom. The molecule has 0 aliphatic heterocycles. The molecule has 2 heterocycles. The Hall–Kier alpha value is -2.48. The average molecular weight is 335 g/mol. The van der Waals surface area contributed by atoms with Crippen molar-refractivity contribution in [3.63, 3.8) is 0 Å². The summed E-state index contributed by atoms with van der Waals surface area (Å²) in [4.78, 5) is 14.6. The first-order valence-electron chi connectivity index (χ1n) is 5.50. The molecular weight excluding hydrogens is 328 g/mol. The van der Waals surface area contributed by atoms with Crippen LogP contribution in [0.2, 0.25) is 0 Å². The van der Waals surface area contributed by atoms with Gasteiger partial charge < -0.3 is 9.63 Å². The normalized spacial score (nSPS) is 10.7. The van der Waals surface area contributed by atoms with Crippen molar-refractivity contribution in [3.8, 4) is 16.9 Å². The SMILES string of the molecule is O=C(O)c1cc(-c2ccc(-n3cncn3)c(Br)c2)no1. The van der Waals surface area contributed by atoms with E-state index in [1.165, 1.54) is 12.4 Å². The third-order valence-electron chi connectivity index (χ3n) is 2.63. The lowest BCUT2D eigenvalue weighted by Gasteiger charge is -2.05. The highest BCUT2D eigenvalue weighted by molar-refractivity contribution is 9.10. The number of carbonyl (C=O) groups is 1. The number of rotatable bonds is 3. The average Bonchev–Trinajstić information content (AvgIpc) is 3.10. The highest BCUT2D eigenvalue weighted by Crippen LogP contribution is 2.27. The summed E-state index contributed by atoms with van der Waals surface area (Å²) in [5, 5.41) is 16.6. The molecule has 0 aliphatic carbocycles. The van der Waals surface area contributed by atoms with Crippen molar-refractivity contribution >= 4 is 21.9 Å². The summed E-state index contributed by atoms with van der Waals surface area (Å²) in [6, 6.07) is 6.80. The molecular formula is C12H7BrN4O3. The molecule has 1 N–H and O–H groups in total. The lowest BCUT2D eigenvalue weighted by atomic mass is 10.1. The van der Waals surface area contributed by atoms with E-state index in [4.69, 9.17) is 9.63 Å². The number of aromatic nitrogens is 4. The van der Waals surface area contributed by atoms with E-state index in [9.17, 15) is 4.79 Å². The fraction of sp³-hybridized carbons (Fsp3) is 0. The minimum Gasteiger partial charge on any atom is -0.475 e. The van der Waals surface area contributed by atoms with Crippen molar-refractivity contribution in [1.29, 1.82) is 0 Å². The molecule has 0 amide bonds. The van der Waals surface area contributed by atoms with Gasteiger partial charge in [0, 0.05) is 16.1 Å². The van der Waals surface area contributed by atoms with Crippen molar-refractivity contribution in [2.24, 2.45) is 0 Å². The molecule has 0 radical (unpaired) electrons. The third kappa shape index (κ3) is 2.21. The summed E-state index contributed by atoms with van der Waals surface area (Å²) in [5.74, 6) is -1.35. The van der Waals surface area contributed by atoms with Crippen molar-refractivity contribution in [3.05, 3.63) is 47.2 Å². The van der Waals surface area contributed by atoms with Crippen LogP contribution in [0.3, 0.4) is 0 Å². The van der Waals surface area contributed by atoms with Gasteiger partial charge in [-0.3, -0.25) is 0 Å². The smallest absolute Gasteiger partial charge is 0.374 e. The van der Waals surface area contributed by atoms with Gasteiger partial charge in [-0.05, 0) is 28.1 Å². The number of benzene rings is 1. The lowest BCUT2D eigenvalue weighted by molar-refractivity contribution is 0.0652. The molecule has 0 fully saturated rings. The Morgan fingerprint density at radius 2 is 2.20 bits per heavy atom. The zero-order chi connectivity index (χ0) is 14.1. The monoisotopic (exact) mass is 334 g/mol. The van der Waals surface area contributed by atoms with Crippen LogP contribution in [0.4, 0.5) is 0 Å². The van der Waals surface area contributed by atoms with E-state index in [2.05, 4.69) is 31.2 Å². The van der Waals surface area contributed by atoms with Crippen LogP contribution in [0.25, 0.3) is 16.9 Å². The molecule has 0 atom stereocenters. The molecule has 1 aromatic carbocycles. The minimum atomic E-state index is -1.15. The highest BCUT2D eigenvalue weighted by atomic mass is 79.9. The molecule has 3 aromatic rings. The number of aromatic carboxylic acids is 1. The van der Waals surface area contributed by atoms with Crippen molar-refractivity contribution in [1.82, 2.24) is 19.9 Å². The van der Waals surface area contributed by atoms with Crippen LogP contribution in [-0.2, 0) is 0 Å². The van der Waals surface area contributed by atoms with Crippen LogP contribution in [0.15, 0.2) is 45.9 Å². The van der Waals surface area contributed by atoms with E-state index in [-0.39, 0.29) is 5.76 Å². The maximum absolute atomic E-state index is 10.8. The standard InChI is InChI=1S/C12H7BrN4O3/c13-8-3-7(9-4-11(12(18)19)20-16-9)1-2-10(8)17-6-14-5-15-17/h1-6H,(H,18,19). The van der Waals surface area contributed by atoms with Gasteiger partial charge in [-0.15, -0.1) is 0 Å². The quantitative estimate of drug-likeness (QED) is 0.790. The van der Waals surface area contributed by atoms with Crippen LogP contribution in [0, 0.1) is 0 Å². The van der Waals surface area contributed by atoms with Crippen molar-refractivity contribution < 1.29 is 14.4 Å². The lowest BCUT2D eigenvalue weighted by Crippen LogP contribution is -1.95.